The summed E-state index contributed by atoms with van der Waals surface area (Å²) in [5.74, 6) is 1.86. The average Bonchev–Trinajstić information content (AvgIpc) is 2.85. The van der Waals surface area contributed by atoms with E-state index < -0.39 is 0 Å². The number of carbonyl (C=O) groups excluding carboxylic acids is 1. The summed E-state index contributed by atoms with van der Waals surface area (Å²) in [6.07, 6.45) is 18.9. The Morgan fingerprint density at radius 2 is 1.55 bits per heavy atom. The van der Waals surface area contributed by atoms with Crippen LogP contribution in [0.1, 0.15) is 107 Å². The molecule has 1 saturated carbocycles. The lowest BCUT2D eigenvalue weighted by Crippen LogP contribution is -2.13. The zero-order valence-electron chi connectivity index (χ0n) is 20.7. The predicted molar refractivity (Wildman–Crippen MR) is 140 cm³/mol. The van der Waals surface area contributed by atoms with E-state index in [0.29, 0.717) is 11.7 Å². The van der Waals surface area contributed by atoms with Gasteiger partial charge in [0.05, 0.1) is 0 Å². The summed E-state index contributed by atoms with van der Waals surface area (Å²) >= 11 is 0. The lowest BCUT2D eigenvalue weighted by molar-refractivity contribution is -0.128. The monoisotopic (exact) mass is 446 g/mol. The average molecular weight is 447 g/mol. The van der Waals surface area contributed by atoms with Gasteiger partial charge in [-0.2, -0.15) is 0 Å². The Hall–Kier alpha value is -2.35. The van der Waals surface area contributed by atoms with Gasteiger partial charge in [0, 0.05) is 6.08 Å². The van der Waals surface area contributed by atoms with Gasteiger partial charge in [-0.3, -0.25) is 0 Å². The first-order valence-electron chi connectivity index (χ1n) is 13.3. The van der Waals surface area contributed by atoms with Crippen LogP contribution >= 0.6 is 0 Å². The molecule has 0 amide bonds. The van der Waals surface area contributed by atoms with Crippen LogP contribution in [0.4, 0.5) is 0 Å². The van der Waals surface area contributed by atoms with Crippen molar-refractivity contribution in [1.29, 1.82) is 0 Å². The van der Waals surface area contributed by atoms with Gasteiger partial charge >= 0.3 is 5.97 Å². The summed E-state index contributed by atoms with van der Waals surface area (Å²) in [6, 6.07) is 16.6. The molecule has 2 heteroatoms. The molecule has 0 heterocycles. The van der Waals surface area contributed by atoms with Crippen LogP contribution in [0.15, 0.2) is 54.6 Å². The van der Waals surface area contributed by atoms with Crippen molar-refractivity contribution in [3.05, 3.63) is 71.3 Å². The van der Waals surface area contributed by atoms with Gasteiger partial charge in [0.25, 0.3) is 0 Å². The highest BCUT2D eigenvalue weighted by atomic mass is 16.5. The summed E-state index contributed by atoms with van der Waals surface area (Å²) < 4.78 is 5.51. The maximum atomic E-state index is 12.3. The molecule has 178 valence electrons. The maximum absolute atomic E-state index is 12.3. The van der Waals surface area contributed by atoms with Gasteiger partial charge in [-0.1, -0.05) is 88.8 Å². The second-order valence-electron chi connectivity index (χ2n) is 9.74. The molecule has 0 radical (unpaired) electrons. The number of benzene rings is 2. The number of unbranched alkanes of at least 4 members (excludes halogenated alkanes) is 4. The van der Waals surface area contributed by atoms with E-state index in [0.717, 1.165) is 17.9 Å². The number of carbonyl (C=O) groups is 1. The molecule has 1 fully saturated rings. The van der Waals surface area contributed by atoms with Crippen molar-refractivity contribution in [1.82, 2.24) is 0 Å². The van der Waals surface area contributed by atoms with E-state index in [2.05, 4.69) is 50.2 Å². The molecular weight excluding hydrogens is 404 g/mol. The fourth-order valence-electron chi connectivity index (χ4n) is 5.04. The lowest BCUT2D eigenvalue weighted by Gasteiger charge is -2.28. The van der Waals surface area contributed by atoms with Gasteiger partial charge in [0.15, 0.2) is 0 Å². The van der Waals surface area contributed by atoms with E-state index in [1.165, 1.54) is 87.8 Å². The highest BCUT2D eigenvalue weighted by Gasteiger charge is 2.21. The topological polar surface area (TPSA) is 26.3 Å². The molecule has 0 saturated heterocycles. The first-order chi connectivity index (χ1) is 16.2. The molecule has 0 aromatic heterocycles. The molecule has 2 aromatic rings. The van der Waals surface area contributed by atoms with Crippen LogP contribution in [0.2, 0.25) is 0 Å². The molecule has 0 bridgehead atoms. The fourth-order valence-corrected chi connectivity index (χ4v) is 5.04. The van der Waals surface area contributed by atoms with Crippen LogP contribution in [0.3, 0.4) is 0 Å². The van der Waals surface area contributed by atoms with Crippen molar-refractivity contribution in [2.45, 2.75) is 96.8 Å². The van der Waals surface area contributed by atoms with E-state index in [4.69, 9.17) is 4.74 Å². The number of hydrogen-bond acceptors (Lipinski definition) is 2. The summed E-state index contributed by atoms with van der Waals surface area (Å²) in [5.41, 5.74) is 3.77. The minimum Gasteiger partial charge on any atom is -0.423 e. The van der Waals surface area contributed by atoms with Gasteiger partial charge in [-0.15, -0.1) is 0 Å². The number of esters is 1. The van der Waals surface area contributed by atoms with Gasteiger partial charge in [0.1, 0.15) is 5.75 Å². The number of aryl methyl sites for hydroxylation is 1. The van der Waals surface area contributed by atoms with Crippen LogP contribution < -0.4 is 4.74 Å². The second-order valence-corrected chi connectivity index (χ2v) is 9.74. The van der Waals surface area contributed by atoms with E-state index in [1.807, 2.05) is 18.2 Å². The second kappa shape index (κ2) is 14.0. The predicted octanol–water partition coefficient (Wildman–Crippen LogP) is 8.89. The van der Waals surface area contributed by atoms with Crippen molar-refractivity contribution in [3.63, 3.8) is 0 Å². The van der Waals surface area contributed by atoms with Crippen molar-refractivity contribution >= 4 is 12.0 Å². The molecule has 0 aliphatic heterocycles. The largest absolute Gasteiger partial charge is 0.423 e. The summed E-state index contributed by atoms with van der Waals surface area (Å²) in [4.78, 5) is 12.3. The fraction of sp³-hybridized carbons (Fsp3) is 0.516. The van der Waals surface area contributed by atoms with Crippen molar-refractivity contribution in [3.8, 4) is 5.75 Å². The zero-order chi connectivity index (χ0) is 23.3. The first kappa shape index (κ1) is 25.3. The van der Waals surface area contributed by atoms with E-state index in [9.17, 15) is 4.79 Å². The Morgan fingerprint density at radius 1 is 0.848 bits per heavy atom. The van der Waals surface area contributed by atoms with Gasteiger partial charge in [-0.05, 0) is 85.3 Å². The number of ether oxygens (including phenoxy) is 1. The smallest absolute Gasteiger partial charge is 0.336 e. The Labute approximate surface area is 201 Å². The Bertz CT molecular complexity index is 839. The molecule has 0 unspecified atom stereocenters. The minimum absolute atomic E-state index is 0.331. The van der Waals surface area contributed by atoms with E-state index >= 15 is 0 Å². The van der Waals surface area contributed by atoms with Crippen LogP contribution in [-0.2, 0) is 11.2 Å². The molecule has 0 N–H and O–H groups in total. The summed E-state index contributed by atoms with van der Waals surface area (Å²) in [6.45, 7) is 4.53. The molecule has 1 aliphatic rings. The first-order valence-corrected chi connectivity index (χ1v) is 13.3. The minimum atomic E-state index is -0.331. The highest BCUT2D eigenvalue weighted by Crippen LogP contribution is 2.37. The molecule has 3 rings (SSSR count). The Morgan fingerprint density at radius 3 is 2.21 bits per heavy atom. The highest BCUT2D eigenvalue weighted by molar-refractivity contribution is 5.88. The normalized spacial score (nSPS) is 18.5. The van der Waals surface area contributed by atoms with Crippen LogP contribution in [-0.4, -0.2) is 5.97 Å². The van der Waals surface area contributed by atoms with Gasteiger partial charge in [0.2, 0.25) is 0 Å². The third kappa shape index (κ3) is 8.84. The molecule has 2 aromatic carbocycles. The maximum Gasteiger partial charge on any atom is 0.336 e. The zero-order valence-corrected chi connectivity index (χ0v) is 20.7. The Kier molecular flexibility index (Phi) is 10.7. The molecule has 0 atom stereocenters. The van der Waals surface area contributed by atoms with Crippen molar-refractivity contribution in [2.75, 3.05) is 0 Å². The van der Waals surface area contributed by atoms with Gasteiger partial charge < -0.3 is 4.74 Å². The molecule has 1 aliphatic carbocycles. The van der Waals surface area contributed by atoms with Crippen LogP contribution in [0.5, 0.6) is 5.75 Å². The molecule has 0 spiro atoms. The summed E-state index contributed by atoms with van der Waals surface area (Å²) in [7, 11) is 0. The Balaban J connectivity index is 1.42. The van der Waals surface area contributed by atoms with E-state index in [-0.39, 0.29) is 5.97 Å². The van der Waals surface area contributed by atoms with Crippen LogP contribution in [0, 0.1) is 5.92 Å². The molecule has 2 nitrogen and oxygen atoms in total. The summed E-state index contributed by atoms with van der Waals surface area (Å²) in [5, 5.41) is 0. The molecular formula is C31H42O2. The lowest BCUT2D eigenvalue weighted by atomic mass is 9.77. The SMILES string of the molecule is CCCCCCCc1ccc(/C=C/C(=O)Oc2ccc(C3CCC(CCC)CC3)cc2)cc1. The quantitative estimate of drug-likeness (QED) is 0.141. The third-order valence-electron chi connectivity index (χ3n) is 7.07. The third-order valence-corrected chi connectivity index (χ3v) is 7.07. The standard InChI is InChI=1S/C31H42O2/c1-3-5-6-7-8-10-26-11-13-27(14-12-26)17-24-31(32)33-30-22-20-29(21-23-30)28-18-15-25(9-4-2)16-19-28/h11-14,17,20-25,28H,3-10,15-16,18-19H2,1-2H3/b24-17+. The van der Waals surface area contributed by atoms with Crippen molar-refractivity contribution < 1.29 is 9.53 Å². The number of hydrogen-bond donors (Lipinski definition) is 0. The van der Waals surface area contributed by atoms with E-state index in [1.54, 1.807) is 0 Å². The van der Waals surface area contributed by atoms with Crippen molar-refractivity contribution in [2.24, 2.45) is 5.92 Å². The van der Waals surface area contributed by atoms with Gasteiger partial charge in [-0.25, -0.2) is 4.79 Å². The molecule has 33 heavy (non-hydrogen) atoms. The van der Waals surface area contributed by atoms with Crippen LogP contribution in [0.25, 0.3) is 6.08 Å². The number of rotatable bonds is 12.